The number of piperidine rings is 1. The van der Waals surface area contributed by atoms with Crippen LogP contribution in [0.3, 0.4) is 0 Å². The van der Waals surface area contributed by atoms with E-state index < -0.39 is 0 Å². The Morgan fingerprint density at radius 2 is 2.00 bits per heavy atom. The van der Waals surface area contributed by atoms with E-state index in [1.54, 1.807) is 24.5 Å². The topological polar surface area (TPSA) is 71.8 Å². The molecule has 1 aliphatic rings. The molecule has 2 N–H and O–H groups in total. The fourth-order valence-electron chi connectivity index (χ4n) is 3.24. The average Bonchev–Trinajstić information content (AvgIpc) is 3.01. The Labute approximate surface area is 139 Å². The first-order valence-electron chi connectivity index (χ1n) is 8.22. The quantitative estimate of drug-likeness (QED) is 0.778. The Bertz CT molecular complexity index is 852. The number of aromatic nitrogens is 3. The number of nitrogens with zero attached hydrogens (tertiary/aromatic N) is 3. The minimum atomic E-state index is -0.186. The summed E-state index contributed by atoms with van der Waals surface area (Å²) in [6.07, 6.45) is 5.26. The summed E-state index contributed by atoms with van der Waals surface area (Å²) in [6.45, 7) is 1.96. The molecule has 3 aromatic rings. The van der Waals surface area contributed by atoms with Crippen molar-refractivity contribution in [1.82, 2.24) is 19.9 Å². The number of pyridine rings is 1. The second kappa shape index (κ2) is 6.41. The highest BCUT2D eigenvalue weighted by Gasteiger charge is 2.22. The third-order valence-corrected chi connectivity index (χ3v) is 4.42. The molecule has 1 amide bonds. The number of hydrogen-bond acceptors (Lipinski definition) is 4. The fraction of sp³-hybridized carbons (Fsp3) is 0.278. The molecule has 0 atom stereocenters. The van der Waals surface area contributed by atoms with Crippen molar-refractivity contribution in [2.75, 3.05) is 18.4 Å². The maximum atomic E-state index is 12.5. The van der Waals surface area contributed by atoms with Crippen molar-refractivity contribution in [3.63, 3.8) is 0 Å². The third kappa shape index (κ3) is 2.76. The Balaban J connectivity index is 1.72. The highest BCUT2D eigenvalue weighted by atomic mass is 16.1. The van der Waals surface area contributed by atoms with Crippen LogP contribution in [0, 0.1) is 0 Å². The number of anilines is 1. The van der Waals surface area contributed by atoms with Gasteiger partial charge in [0, 0.05) is 18.4 Å². The Hall–Kier alpha value is -2.73. The molecule has 6 heteroatoms. The van der Waals surface area contributed by atoms with Crippen LogP contribution in [-0.2, 0) is 0 Å². The summed E-state index contributed by atoms with van der Waals surface area (Å²) in [7, 11) is 0. The van der Waals surface area contributed by atoms with Crippen molar-refractivity contribution in [3.8, 4) is 0 Å². The van der Waals surface area contributed by atoms with E-state index in [9.17, 15) is 4.79 Å². The largest absolute Gasteiger partial charge is 0.317 e. The van der Waals surface area contributed by atoms with Gasteiger partial charge in [0.15, 0.2) is 0 Å². The number of para-hydroxylation sites is 2. The van der Waals surface area contributed by atoms with Gasteiger partial charge in [-0.3, -0.25) is 15.1 Å². The molecule has 3 heterocycles. The van der Waals surface area contributed by atoms with Gasteiger partial charge in [-0.1, -0.05) is 12.1 Å². The summed E-state index contributed by atoms with van der Waals surface area (Å²) in [5.74, 6) is 0.422. The lowest BCUT2D eigenvalue weighted by Gasteiger charge is -2.26. The number of fused-ring (bicyclic) bond motifs is 1. The molecule has 1 aromatic carbocycles. The van der Waals surface area contributed by atoms with E-state index in [-0.39, 0.29) is 5.91 Å². The number of benzene rings is 1. The summed E-state index contributed by atoms with van der Waals surface area (Å²) in [5.41, 5.74) is 2.49. The van der Waals surface area contributed by atoms with Crippen LogP contribution in [-0.4, -0.2) is 33.5 Å². The van der Waals surface area contributed by atoms with Gasteiger partial charge in [-0.2, -0.15) is 0 Å². The van der Waals surface area contributed by atoms with E-state index in [1.165, 1.54) is 0 Å². The van der Waals surface area contributed by atoms with E-state index in [0.29, 0.717) is 17.6 Å². The van der Waals surface area contributed by atoms with E-state index in [4.69, 9.17) is 0 Å². The van der Waals surface area contributed by atoms with Crippen LogP contribution < -0.4 is 10.6 Å². The highest BCUT2D eigenvalue weighted by Crippen LogP contribution is 2.29. The molecule has 0 radical (unpaired) electrons. The van der Waals surface area contributed by atoms with Gasteiger partial charge in [-0.25, -0.2) is 4.98 Å². The van der Waals surface area contributed by atoms with Crippen molar-refractivity contribution in [2.24, 2.45) is 0 Å². The summed E-state index contributed by atoms with van der Waals surface area (Å²) in [5, 5.41) is 6.35. The van der Waals surface area contributed by atoms with Crippen LogP contribution in [0.2, 0.25) is 0 Å². The summed E-state index contributed by atoms with van der Waals surface area (Å²) in [6, 6.07) is 11.9. The Kier molecular flexibility index (Phi) is 3.96. The van der Waals surface area contributed by atoms with Gasteiger partial charge in [-0.15, -0.1) is 0 Å². The van der Waals surface area contributed by atoms with E-state index in [1.807, 2.05) is 18.2 Å². The first-order valence-corrected chi connectivity index (χ1v) is 8.22. The second-order valence-corrected chi connectivity index (χ2v) is 5.97. The smallest absolute Gasteiger partial charge is 0.259 e. The highest BCUT2D eigenvalue weighted by molar-refractivity contribution is 6.03. The van der Waals surface area contributed by atoms with Gasteiger partial charge in [0.1, 0.15) is 0 Å². The second-order valence-electron chi connectivity index (χ2n) is 5.97. The fourth-order valence-corrected chi connectivity index (χ4v) is 3.24. The average molecular weight is 321 g/mol. The van der Waals surface area contributed by atoms with Gasteiger partial charge in [0.25, 0.3) is 5.91 Å². The molecule has 0 bridgehead atoms. The molecule has 24 heavy (non-hydrogen) atoms. The first-order chi connectivity index (χ1) is 11.8. The number of imidazole rings is 1. The molecular formula is C18H19N5O. The minimum absolute atomic E-state index is 0.186. The normalized spacial score (nSPS) is 15.5. The monoisotopic (exact) mass is 321 g/mol. The van der Waals surface area contributed by atoms with Crippen LogP contribution in [0.25, 0.3) is 11.0 Å². The van der Waals surface area contributed by atoms with Gasteiger partial charge in [0.2, 0.25) is 5.95 Å². The molecule has 1 fully saturated rings. The van der Waals surface area contributed by atoms with Crippen molar-refractivity contribution < 1.29 is 4.79 Å². The number of nitrogens with one attached hydrogen (secondary N) is 2. The zero-order chi connectivity index (χ0) is 16.4. The maximum Gasteiger partial charge on any atom is 0.259 e. The van der Waals surface area contributed by atoms with Crippen LogP contribution >= 0.6 is 0 Å². The molecule has 0 aliphatic carbocycles. The van der Waals surface area contributed by atoms with Crippen LogP contribution in [0.1, 0.15) is 29.2 Å². The zero-order valence-electron chi connectivity index (χ0n) is 13.3. The van der Waals surface area contributed by atoms with Gasteiger partial charge in [0.05, 0.1) is 16.6 Å². The molecule has 0 spiro atoms. The van der Waals surface area contributed by atoms with Crippen molar-refractivity contribution in [1.29, 1.82) is 0 Å². The van der Waals surface area contributed by atoms with Gasteiger partial charge in [-0.05, 0) is 50.2 Å². The number of amides is 1. The number of hydrogen-bond donors (Lipinski definition) is 2. The van der Waals surface area contributed by atoms with Crippen LogP contribution in [0.15, 0.2) is 48.8 Å². The molecule has 122 valence electrons. The van der Waals surface area contributed by atoms with Crippen molar-refractivity contribution in [3.05, 3.63) is 54.4 Å². The molecule has 1 aliphatic heterocycles. The van der Waals surface area contributed by atoms with Gasteiger partial charge < -0.3 is 9.88 Å². The number of rotatable bonds is 3. The minimum Gasteiger partial charge on any atom is -0.317 e. The Morgan fingerprint density at radius 1 is 1.17 bits per heavy atom. The van der Waals surface area contributed by atoms with E-state index in [0.717, 1.165) is 37.0 Å². The van der Waals surface area contributed by atoms with Gasteiger partial charge >= 0.3 is 0 Å². The lowest BCUT2D eigenvalue weighted by atomic mass is 10.1. The molecular weight excluding hydrogens is 302 g/mol. The predicted molar refractivity (Wildman–Crippen MR) is 93.1 cm³/mol. The SMILES string of the molecule is O=C(Nc1nc2ccccc2n1C1CCNCC1)c1cccnc1. The number of carbonyl (C=O) groups is 1. The third-order valence-electron chi connectivity index (χ3n) is 4.42. The predicted octanol–water partition coefficient (Wildman–Crippen LogP) is 2.61. The Morgan fingerprint density at radius 3 is 2.79 bits per heavy atom. The molecule has 0 saturated carbocycles. The van der Waals surface area contributed by atoms with E-state index in [2.05, 4.69) is 31.2 Å². The molecule has 6 nitrogen and oxygen atoms in total. The number of carbonyl (C=O) groups excluding carboxylic acids is 1. The van der Waals surface area contributed by atoms with Crippen molar-refractivity contribution in [2.45, 2.75) is 18.9 Å². The molecule has 2 aromatic heterocycles. The molecule has 1 saturated heterocycles. The summed E-state index contributed by atoms with van der Waals surface area (Å²) >= 11 is 0. The first kappa shape index (κ1) is 14.8. The summed E-state index contributed by atoms with van der Waals surface area (Å²) in [4.78, 5) is 21.2. The standard InChI is InChI=1S/C18H19N5O/c24-17(13-4-3-9-20-12-13)22-18-21-15-5-1-2-6-16(15)23(18)14-7-10-19-11-8-14/h1-6,9,12,14,19H,7-8,10-11H2,(H,21,22,24). The van der Waals surface area contributed by atoms with Crippen LogP contribution in [0.5, 0.6) is 0 Å². The summed E-state index contributed by atoms with van der Waals surface area (Å²) < 4.78 is 2.17. The van der Waals surface area contributed by atoms with E-state index >= 15 is 0 Å². The zero-order valence-corrected chi connectivity index (χ0v) is 13.3. The van der Waals surface area contributed by atoms with Crippen molar-refractivity contribution >= 4 is 22.9 Å². The molecule has 4 rings (SSSR count). The van der Waals surface area contributed by atoms with Crippen LogP contribution in [0.4, 0.5) is 5.95 Å². The lowest BCUT2D eigenvalue weighted by Crippen LogP contribution is -2.30. The lowest BCUT2D eigenvalue weighted by molar-refractivity contribution is 0.102. The maximum absolute atomic E-state index is 12.5. The molecule has 0 unspecified atom stereocenters.